The number of anilines is 2. The minimum absolute atomic E-state index is 0.141. The van der Waals surface area contributed by atoms with Crippen molar-refractivity contribution >= 4 is 22.9 Å². The van der Waals surface area contributed by atoms with Crippen molar-refractivity contribution in [1.29, 1.82) is 0 Å². The third kappa shape index (κ3) is 3.73. The van der Waals surface area contributed by atoms with Gasteiger partial charge >= 0.3 is 0 Å². The molecule has 162 valence electrons. The van der Waals surface area contributed by atoms with Gasteiger partial charge in [-0.1, -0.05) is 6.07 Å². The van der Waals surface area contributed by atoms with E-state index in [1.54, 1.807) is 18.3 Å². The number of hydrogen-bond acceptors (Lipinski definition) is 7. The second-order valence-corrected chi connectivity index (χ2v) is 8.46. The van der Waals surface area contributed by atoms with Gasteiger partial charge in [-0.15, -0.1) is 0 Å². The highest BCUT2D eigenvalue weighted by molar-refractivity contribution is 6.25. The molecule has 0 bridgehead atoms. The summed E-state index contributed by atoms with van der Waals surface area (Å²) in [5.74, 6) is 0.625. The van der Waals surface area contributed by atoms with Gasteiger partial charge in [0, 0.05) is 56.6 Å². The fourth-order valence-electron chi connectivity index (χ4n) is 4.73. The number of carbonyl (C=O) groups excluding carboxylic acids is 1. The van der Waals surface area contributed by atoms with Crippen LogP contribution in [0.4, 0.5) is 11.4 Å². The number of rotatable bonds is 4. The molecule has 8 heteroatoms. The summed E-state index contributed by atoms with van der Waals surface area (Å²) >= 11 is 0. The maximum atomic E-state index is 13.1. The average Bonchev–Trinajstić information content (AvgIpc) is 3.13. The highest BCUT2D eigenvalue weighted by Crippen LogP contribution is 2.44. The van der Waals surface area contributed by atoms with Crippen molar-refractivity contribution in [3.63, 3.8) is 0 Å². The summed E-state index contributed by atoms with van der Waals surface area (Å²) in [5.41, 5.74) is 9.35. The fraction of sp³-hybridized carbons (Fsp3) is 0.391. The number of morpholine rings is 1. The summed E-state index contributed by atoms with van der Waals surface area (Å²) in [4.78, 5) is 21.9. The van der Waals surface area contributed by atoms with Crippen LogP contribution < -0.4 is 20.7 Å². The second-order valence-electron chi connectivity index (χ2n) is 8.46. The maximum Gasteiger partial charge on any atom is 0.259 e. The van der Waals surface area contributed by atoms with Crippen LogP contribution >= 0.6 is 0 Å². The lowest BCUT2D eigenvalue weighted by Crippen LogP contribution is -2.62. The quantitative estimate of drug-likeness (QED) is 0.723. The van der Waals surface area contributed by atoms with Crippen molar-refractivity contribution in [1.82, 2.24) is 9.88 Å². The lowest BCUT2D eigenvalue weighted by atomic mass is 9.89. The van der Waals surface area contributed by atoms with Crippen LogP contribution in [0.3, 0.4) is 0 Å². The molecule has 1 aromatic heterocycles. The Morgan fingerprint density at radius 3 is 2.74 bits per heavy atom. The molecule has 1 amide bonds. The first kappa shape index (κ1) is 19.8. The van der Waals surface area contributed by atoms with E-state index in [4.69, 9.17) is 15.2 Å². The van der Waals surface area contributed by atoms with Crippen LogP contribution in [0.1, 0.15) is 11.3 Å². The SMILES string of the molecule is CN1CC2(Cc3cc(NC(=O)C(=CN)c4ccccn4)c(N4CCOCC4)cc3O2)C1. The molecule has 0 unspecified atom stereocenters. The largest absolute Gasteiger partial charge is 0.484 e. The van der Waals surface area contributed by atoms with Crippen molar-refractivity contribution in [2.75, 3.05) is 56.7 Å². The van der Waals surface area contributed by atoms with E-state index in [1.165, 1.54) is 6.20 Å². The first-order valence-corrected chi connectivity index (χ1v) is 10.6. The van der Waals surface area contributed by atoms with Crippen LogP contribution in [-0.4, -0.2) is 67.8 Å². The number of carbonyl (C=O) groups is 1. The van der Waals surface area contributed by atoms with Gasteiger partial charge in [-0.05, 0) is 25.2 Å². The Hall–Kier alpha value is -3.10. The zero-order chi connectivity index (χ0) is 21.4. The van der Waals surface area contributed by atoms with E-state index in [1.807, 2.05) is 6.07 Å². The lowest BCUT2D eigenvalue weighted by Gasteiger charge is -2.44. The van der Waals surface area contributed by atoms with E-state index in [0.717, 1.165) is 55.3 Å². The molecular weight excluding hydrogens is 394 g/mol. The van der Waals surface area contributed by atoms with E-state index in [2.05, 4.69) is 39.3 Å². The molecule has 3 N–H and O–H groups in total. The third-order valence-electron chi connectivity index (χ3n) is 6.09. The van der Waals surface area contributed by atoms with E-state index in [-0.39, 0.29) is 11.5 Å². The van der Waals surface area contributed by atoms with Gasteiger partial charge in [-0.3, -0.25) is 14.7 Å². The molecule has 0 radical (unpaired) electrons. The molecule has 2 saturated heterocycles. The zero-order valence-electron chi connectivity index (χ0n) is 17.6. The summed E-state index contributed by atoms with van der Waals surface area (Å²) in [7, 11) is 2.10. The molecule has 0 atom stereocenters. The maximum absolute atomic E-state index is 13.1. The minimum Gasteiger partial charge on any atom is -0.484 e. The van der Waals surface area contributed by atoms with Gasteiger partial charge in [0.15, 0.2) is 0 Å². The Morgan fingerprint density at radius 2 is 2.06 bits per heavy atom. The van der Waals surface area contributed by atoms with Crippen molar-refractivity contribution in [3.8, 4) is 5.75 Å². The average molecular weight is 422 g/mol. The smallest absolute Gasteiger partial charge is 0.259 e. The molecule has 8 nitrogen and oxygen atoms in total. The number of nitrogens with zero attached hydrogens (tertiary/aromatic N) is 3. The lowest BCUT2D eigenvalue weighted by molar-refractivity contribution is -0.111. The van der Waals surface area contributed by atoms with E-state index in [0.29, 0.717) is 24.5 Å². The molecule has 1 aromatic carbocycles. The van der Waals surface area contributed by atoms with Crippen LogP contribution in [0.15, 0.2) is 42.7 Å². The molecule has 0 saturated carbocycles. The zero-order valence-corrected chi connectivity index (χ0v) is 17.6. The van der Waals surface area contributed by atoms with Gasteiger partial charge in [-0.25, -0.2) is 0 Å². The fourth-order valence-corrected chi connectivity index (χ4v) is 4.73. The predicted molar refractivity (Wildman–Crippen MR) is 119 cm³/mol. The van der Waals surface area contributed by atoms with E-state index < -0.39 is 0 Å². The van der Waals surface area contributed by atoms with Crippen LogP contribution in [0.5, 0.6) is 5.75 Å². The standard InChI is InChI=1S/C23H27N5O3/c1-27-14-23(15-27)12-16-10-19(20(11-21(16)31-23)28-6-8-30-9-7-28)26-22(29)17(13-24)18-4-2-3-5-25-18/h2-5,10-11,13H,6-9,12,14-15,24H2,1H3,(H,26,29). The Bertz CT molecular complexity index is 1010. The Balaban J connectivity index is 1.46. The molecule has 0 aliphatic carbocycles. The van der Waals surface area contributed by atoms with Gasteiger partial charge in [0.1, 0.15) is 11.4 Å². The number of likely N-dealkylation sites (N-methyl/N-ethyl adjacent to an activating group) is 1. The van der Waals surface area contributed by atoms with E-state index >= 15 is 0 Å². The van der Waals surface area contributed by atoms with Crippen LogP contribution in [0, 0.1) is 0 Å². The molecule has 1 spiro atoms. The Labute approximate surface area is 181 Å². The number of ether oxygens (including phenoxy) is 2. The van der Waals surface area contributed by atoms with Crippen LogP contribution in [-0.2, 0) is 16.0 Å². The van der Waals surface area contributed by atoms with Crippen molar-refractivity contribution in [2.24, 2.45) is 5.73 Å². The monoisotopic (exact) mass is 421 g/mol. The third-order valence-corrected chi connectivity index (χ3v) is 6.09. The number of likely N-dealkylation sites (tertiary alicyclic amines) is 1. The highest BCUT2D eigenvalue weighted by Gasteiger charge is 2.48. The number of pyridine rings is 1. The predicted octanol–water partition coefficient (Wildman–Crippen LogP) is 1.48. The van der Waals surface area contributed by atoms with Crippen molar-refractivity contribution < 1.29 is 14.3 Å². The van der Waals surface area contributed by atoms with Gasteiger partial charge in [0.2, 0.25) is 0 Å². The summed E-state index contributed by atoms with van der Waals surface area (Å²) in [6.45, 7) is 4.65. The van der Waals surface area contributed by atoms with Gasteiger partial charge < -0.3 is 25.4 Å². The number of nitrogens with one attached hydrogen (secondary N) is 1. The van der Waals surface area contributed by atoms with Gasteiger partial charge in [-0.2, -0.15) is 0 Å². The number of aromatic nitrogens is 1. The number of amides is 1. The normalized spacial score (nSPS) is 20.2. The molecular formula is C23H27N5O3. The Morgan fingerprint density at radius 1 is 1.26 bits per heavy atom. The first-order valence-electron chi connectivity index (χ1n) is 10.6. The molecule has 31 heavy (non-hydrogen) atoms. The topological polar surface area (TPSA) is 93.0 Å². The highest BCUT2D eigenvalue weighted by atomic mass is 16.5. The van der Waals surface area contributed by atoms with Crippen molar-refractivity contribution in [3.05, 3.63) is 54.0 Å². The molecule has 3 aliphatic rings. The summed E-state index contributed by atoms with van der Waals surface area (Å²) in [6, 6.07) is 9.53. The molecule has 4 heterocycles. The minimum atomic E-state index is -0.285. The second kappa shape index (κ2) is 7.86. The molecule has 3 aliphatic heterocycles. The van der Waals surface area contributed by atoms with Crippen molar-refractivity contribution in [2.45, 2.75) is 12.0 Å². The van der Waals surface area contributed by atoms with E-state index in [9.17, 15) is 4.79 Å². The number of fused-ring (bicyclic) bond motifs is 1. The first-order chi connectivity index (χ1) is 15.1. The molecule has 5 rings (SSSR count). The van der Waals surface area contributed by atoms with Gasteiger partial charge in [0.05, 0.1) is 35.9 Å². The molecule has 2 fully saturated rings. The molecule has 2 aromatic rings. The number of hydrogen-bond donors (Lipinski definition) is 2. The number of nitrogens with two attached hydrogens (primary N) is 1. The van der Waals surface area contributed by atoms with Gasteiger partial charge in [0.25, 0.3) is 5.91 Å². The summed E-state index contributed by atoms with van der Waals surface area (Å²) < 4.78 is 11.9. The number of benzene rings is 1. The Kier molecular flexibility index (Phi) is 5.03. The summed E-state index contributed by atoms with van der Waals surface area (Å²) in [5, 5.41) is 3.08. The van der Waals surface area contributed by atoms with Crippen LogP contribution in [0.25, 0.3) is 5.57 Å². The van der Waals surface area contributed by atoms with Crippen LogP contribution in [0.2, 0.25) is 0 Å². The summed E-state index contributed by atoms with van der Waals surface area (Å²) in [6.07, 6.45) is 3.80.